The zero-order valence-corrected chi connectivity index (χ0v) is 15.6. The molecule has 11 nitrogen and oxygen atoms in total. The molecular formula is C18H26O11. The summed E-state index contributed by atoms with van der Waals surface area (Å²) in [4.78, 5) is 9.85. The molecule has 0 bridgehead atoms. The van der Waals surface area contributed by atoms with Crippen molar-refractivity contribution in [3.05, 3.63) is 35.9 Å². The molecule has 0 amide bonds. The van der Waals surface area contributed by atoms with Gasteiger partial charge in [0.2, 0.25) is 12.6 Å². The van der Waals surface area contributed by atoms with Gasteiger partial charge in [0.1, 0.15) is 36.6 Å². The van der Waals surface area contributed by atoms with Gasteiger partial charge in [-0.1, -0.05) is 30.3 Å². The van der Waals surface area contributed by atoms with Crippen molar-refractivity contribution < 1.29 is 54.6 Å². The smallest absolute Gasteiger partial charge is 0.222 e. The Kier molecular flexibility index (Phi) is 7.53. The highest BCUT2D eigenvalue weighted by atomic mass is 17.3. The zero-order chi connectivity index (χ0) is 21.1. The minimum absolute atomic E-state index is 0.0605. The number of hydrogen-bond donors (Lipinski definition) is 6. The molecule has 10 unspecified atom stereocenters. The molecule has 1 aromatic carbocycles. The highest BCUT2D eigenvalue weighted by molar-refractivity contribution is 5.13. The average molecular weight is 418 g/mol. The number of benzene rings is 1. The standard InChI is InChI=1S/C18H26O11/c1-8-10(19)11(20)14(23)17(26-8)28-29-18-15(24)12(21)13(22)16(27-18)25-7-9-5-3-2-4-6-9/h2-6,8,10-24H,7H2,1H3. The maximum atomic E-state index is 10.1. The van der Waals surface area contributed by atoms with Crippen LogP contribution in [0, 0.1) is 0 Å². The van der Waals surface area contributed by atoms with Crippen molar-refractivity contribution in [2.24, 2.45) is 0 Å². The quantitative estimate of drug-likeness (QED) is 0.218. The second kappa shape index (κ2) is 9.73. The Balaban J connectivity index is 1.58. The predicted octanol–water partition coefficient (Wildman–Crippen LogP) is -2.26. The summed E-state index contributed by atoms with van der Waals surface area (Å²) in [5.74, 6) is 0. The maximum absolute atomic E-state index is 10.1. The van der Waals surface area contributed by atoms with Gasteiger partial charge >= 0.3 is 0 Å². The lowest BCUT2D eigenvalue weighted by Gasteiger charge is -2.41. The molecule has 0 radical (unpaired) electrons. The monoisotopic (exact) mass is 418 g/mol. The van der Waals surface area contributed by atoms with E-state index in [1.165, 1.54) is 6.92 Å². The summed E-state index contributed by atoms with van der Waals surface area (Å²) in [6.07, 6.45) is -14.7. The van der Waals surface area contributed by atoms with Crippen LogP contribution in [0.25, 0.3) is 0 Å². The van der Waals surface area contributed by atoms with Crippen molar-refractivity contribution in [3.8, 4) is 0 Å². The number of aliphatic hydroxyl groups excluding tert-OH is 6. The van der Waals surface area contributed by atoms with Crippen LogP contribution >= 0.6 is 0 Å². The third-order valence-electron chi connectivity index (χ3n) is 4.84. The lowest BCUT2D eigenvalue weighted by atomic mass is 10.0. The number of ether oxygens (including phenoxy) is 3. The summed E-state index contributed by atoms with van der Waals surface area (Å²) >= 11 is 0. The molecule has 6 N–H and O–H groups in total. The van der Waals surface area contributed by atoms with Crippen LogP contribution in [0.2, 0.25) is 0 Å². The summed E-state index contributed by atoms with van der Waals surface area (Å²) in [5, 5.41) is 59.6. The van der Waals surface area contributed by atoms with E-state index in [4.69, 9.17) is 24.0 Å². The highest BCUT2D eigenvalue weighted by Crippen LogP contribution is 2.26. The molecule has 0 aliphatic carbocycles. The highest BCUT2D eigenvalue weighted by Gasteiger charge is 2.48. The molecule has 0 spiro atoms. The number of rotatable bonds is 6. The van der Waals surface area contributed by atoms with Crippen molar-refractivity contribution in [2.75, 3.05) is 0 Å². The largest absolute Gasteiger partial charge is 0.388 e. The van der Waals surface area contributed by atoms with E-state index in [-0.39, 0.29) is 6.61 Å². The first kappa shape index (κ1) is 22.5. The number of hydrogen-bond acceptors (Lipinski definition) is 11. The van der Waals surface area contributed by atoms with Gasteiger partial charge in [-0.25, -0.2) is 0 Å². The fourth-order valence-electron chi connectivity index (χ4n) is 2.99. The Morgan fingerprint density at radius 3 is 1.83 bits per heavy atom. The van der Waals surface area contributed by atoms with Crippen LogP contribution < -0.4 is 0 Å². The van der Waals surface area contributed by atoms with E-state index >= 15 is 0 Å². The molecular weight excluding hydrogens is 392 g/mol. The molecule has 2 aliphatic heterocycles. The van der Waals surface area contributed by atoms with Crippen molar-refractivity contribution in [2.45, 2.75) is 75.1 Å². The van der Waals surface area contributed by atoms with Crippen molar-refractivity contribution >= 4 is 0 Å². The maximum Gasteiger partial charge on any atom is 0.222 e. The average Bonchev–Trinajstić information content (AvgIpc) is 2.73. The zero-order valence-electron chi connectivity index (χ0n) is 15.6. The molecule has 2 aliphatic rings. The first-order chi connectivity index (χ1) is 13.8. The minimum Gasteiger partial charge on any atom is -0.388 e. The molecule has 3 rings (SSSR count). The van der Waals surface area contributed by atoms with Crippen LogP contribution in [-0.2, 0) is 30.6 Å². The molecule has 1 aromatic rings. The van der Waals surface area contributed by atoms with E-state index in [1.807, 2.05) is 6.07 Å². The Hall–Kier alpha value is -1.22. The lowest BCUT2D eigenvalue weighted by molar-refractivity contribution is -0.494. The molecule has 29 heavy (non-hydrogen) atoms. The van der Waals surface area contributed by atoms with Crippen molar-refractivity contribution in [1.29, 1.82) is 0 Å². The van der Waals surface area contributed by atoms with Crippen molar-refractivity contribution in [1.82, 2.24) is 0 Å². The second-order valence-corrected chi connectivity index (χ2v) is 7.02. The third-order valence-corrected chi connectivity index (χ3v) is 4.84. The molecule has 2 saturated heterocycles. The van der Waals surface area contributed by atoms with Gasteiger partial charge in [0.05, 0.1) is 12.7 Å². The van der Waals surface area contributed by atoms with Gasteiger partial charge in [0.25, 0.3) is 0 Å². The summed E-state index contributed by atoms with van der Waals surface area (Å²) < 4.78 is 16.0. The molecule has 10 atom stereocenters. The Morgan fingerprint density at radius 1 is 0.690 bits per heavy atom. The van der Waals surface area contributed by atoms with Crippen LogP contribution in [0.3, 0.4) is 0 Å². The summed E-state index contributed by atoms with van der Waals surface area (Å²) in [6.45, 7) is 1.51. The van der Waals surface area contributed by atoms with Gasteiger partial charge < -0.3 is 44.8 Å². The third kappa shape index (κ3) is 5.10. The second-order valence-electron chi connectivity index (χ2n) is 7.02. The van der Waals surface area contributed by atoms with Gasteiger partial charge in [-0.15, -0.1) is 0 Å². The summed E-state index contributed by atoms with van der Waals surface area (Å²) in [7, 11) is 0. The Labute approximate surface area is 166 Å². The van der Waals surface area contributed by atoms with E-state index in [2.05, 4.69) is 0 Å². The van der Waals surface area contributed by atoms with E-state index in [1.54, 1.807) is 24.3 Å². The van der Waals surface area contributed by atoms with Gasteiger partial charge in [-0.05, 0) is 12.5 Å². The van der Waals surface area contributed by atoms with Gasteiger partial charge in [-0.2, -0.15) is 9.78 Å². The minimum atomic E-state index is -1.70. The molecule has 2 heterocycles. The normalized spacial score (nSPS) is 43.3. The van der Waals surface area contributed by atoms with Crippen LogP contribution in [0.5, 0.6) is 0 Å². The Morgan fingerprint density at radius 2 is 1.21 bits per heavy atom. The number of aliphatic hydroxyl groups is 6. The van der Waals surface area contributed by atoms with Crippen LogP contribution in [0.15, 0.2) is 30.3 Å². The van der Waals surface area contributed by atoms with Crippen molar-refractivity contribution in [3.63, 3.8) is 0 Å². The first-order valence-electron chi connectivity index (χ1n) is 9.16. The molecule has 0 aromatic heterocycles. The van der Waals surface area contributed by atoms with E-state index in [9.17, 15) is 30.6 Å². The molecule has 2 fully saturated rings. The van der Waals surface area contributed by atoms with Crippen LogP contribution in [-0.4, -0.2) is 92.2 Å². The first-order valence-corrected chi connectivity index (χ1v) is 9.16. The fourth-order valence-corrected chi connectivity index (χ4v) is 2.99. The van der Waals surface area contributed by atoms with Crippen LogP contribution in [0.1, 0.15) is 12.5 Å². The van der Waals surface area contributed by atoms with E-state index in [0.29, 0.717) is 0 Å². The summed E-state index contributed by atoms with van der Waals surface area (Å²) in [6, 6.07) is 9.02. The lowest BCUT2D eigenvalue weighted by Crippen LogP contribution is -2.60. The molecule has 0 saturated carbocycles. The van der Waals surface area contributed by atoms with E-state index < -0.39 is 61.6 Å². The van der Waals surface area contributed by atoms with Gasteiger partial charge in [0.15, 0.2) is 6.29 Å². The fraction of sp³-hybridized carbons (Fsp3) is 0.667. The Bertz CT molecular complexity index is 631. The predicted molar refractivity (Wildman–Crippen MR) is 92.4 cm³/mol. The molecule has 164 valence electrons. The molecule has 11 heteroatoms. The van der Waals surface area contributed by atoms with E-state index in [0.717, 1.165) is 5.56 Å². The van der Waals surface area contributed by atoms with Gasteiger partial charge in [-0.3, -0.25) is 0 Å². The van der Waals surface area contributed by atoms with Crippen LogP contribution in [0.4, 0.5) is 0 Å². The summed E-state index contributed by atoms with van der Waals surface area (Å²) in [5.41, 5.74) is 0.790. The van der Waals surface area contributed by atoms with Gasteiger partial charge in [0, 0.05) is 0 Å². The SMILES string of the molecule is CC1OC(OOC2OC(OCc3ccccc3)C(O)C(O)C2O)C(O)C(O)C1O. The topological polar surface area (TPSA) is 168 Å².